The van der Waals surface area contributed by atoms with Gasteiger partial charge < -0.3 is 0 Å². The molecule has 2 rings (SSSR count). The normalized spacial score (nSPS) is 9.41. The van der Waals surface area contributed by atoms with Gasteiger partial charge in [-0.3, -0.25) is 0 Å². The van der Waals surface area contributed by atoms with Crippen LogP contribution in [-0.2, 0) is 17.1 Å². The van der Waals surface area contributed by atoms with Crippen LogP contribution < -0.4 is 0 Å². The molecule has 0 saturated carbocycles. The minimum atomic E-state index is 0.0972. The molecular formula is C16H22Zn. The van der Waals surface area contributed by atoms with Crippen molar-refractivity contribution in [3.63, 3.8) is 0 Å². The summed E-state index contributed by atoms with van der Waals surface area (Å²) >= 11 is 0.0972. The van der Waals surface area contributed by atoms with Gasteiger partial charge in [0.25, 0.3) is 0 Å². The molecule has 0 amide bonds. The van der Waals surface area contributed by atoms with Gasteiger partial charge in [-0.1, -0.05) is 42.0 Å². The Labute approximate surface area is 113 Å². The average molecular weight is 280 g/mol. The Balaban J connectivity index is 0.000000249. The minimum absolute atomic E-state index is 0.0972. The first-order valence-corrected chi connectivity index (χ1v) is 10.8. The van der Waals surface area contributed by atoms with E-state index in [1.54, 1.807) is 0 Å². The van der Waals surface area contributed by atoms with Gasteiger partial charge in [0.15, 0.2) is 0 Å². The number of benzene rings is 2. The van der Waals surface area contributed by atoms with Gasteiger partial charge in [-0.25, -0.2) is 0 Å². The molecule has 0 aliphatic heterocycles. The summed E-state index contributed by atoms with van der Waals surface area (Å²) in [6.07, 6.45) is 0. The van der Waals surface area contributed by atoms with Gasteiger partial charge in [-0.15, -0.1) is 0 Å². The quantitative estimate of drug-likeness (QED) is 0.646. The van der Waals surface area contributed by atoms with Gasteiger partial charge in [0.2, 0.25) is 0 Å². The van der Waals surface area contributed by atoms with E-state index < -0.39 is 0 Å². The smallest absolute Gasteiger partial charge is 0.0152 e. The van der Waals surface area contributed by atoms with E-state index in [4.69, 9.17) is 0 Å². The standard InChI is InChI=1S/C12H12.2C2H5.Zn/c1-9-6-7-11-5-3-4-10(2)12(11)8-9;2*1-2;/h3-8H,1-2H3;2*1H2,2H3;. The summed E-state index contributed by atoms with van der Waals surface area (Å²) < 4.78 is 0. The summed E-state index contributed by atoms with van der Waals surface area (Å²) in [4.78, 5) is 0. The van der Waals surface area contributed by atoms with E-state index in [0.717, 1.165) is 0 Å². The molecule has 0 radical (unpaired) electrons. The molecular weight excluding hydrogens is 258 g/mol. The van der Waals surface area contributed by atoms with Crippen LogP contribution in [-0.4, -0.2) is 0 Å². The predicted molar refractivity (Wildman–Crippen MR) is 74.4 cm³/mol. The molecule has 0 unspecified atom stereocenters. The minimum Gasteiger partial charge on any atom is -0.0614 e. The maximum atomic E-state index is 2.30. The van der Waals surface area contributed by atoms with E-state index in [9.17, 15) is 0 Å². The zero-order valence-corrected chi connectivity index (χ0v) is 14.6. The van der Waals surface area contributed by atoms with Crippen LogP contribution in [0.1, 0.15) is 25.0 Å². The molecule has 88 valence electrons. The summed E-state index contributed by atoms with van der Waals surface area (Å²) in [6, 6.07) is 13.0. The molecule has 0 fully saturated rings. The fourth-order valence-electron chi connectivity index (χ4n) is 1.90. The van der Waals surface area contributed by atoms with Gasteiger partial charge in [0.05, 0.1) is 0 Å². The van der Waals surface area contributed by atoms with Crippen molar-refractivity contribution in [2.45, 2.75) is 37.7 Å². The van der Waals surface area contributed by atoms with Crippen molar-refractivity contribution in [1.29, 1.82) is 0 Å². The van der Waals surface area contributed by atoms with E-state index in [0.29, 0.717) is 0 Å². The Hall–Kier alpha value is -0.677. The topological polar surface area (TPSA) is 0 Å². The van der Waals surface area contributed by atoms with E-state index in [1.165, 1.54) is 31.9 Å². The molecule has 0 aromatic heterocycles. The van der Waals surface area contributed by atoms with Gasteiger partial charge in [0, 0.05) is 0 Å². The number of hydrogen-bond acceptors (Lipinski definition) is 0. The fourth-order valence-corrected chi connectivity index (χ4v) is 3.38. The molecule has 0 bridgehead atoms. The molecule has 0 N–H and O–H groups in total. The molecule has 2 aromatic carbocycles. The maximum Gasteiger partial charge on any atom is -0.0152 e. The van der Waals surface area contributed by atoms with Crippen LogP contribution in [0.3, 0.4) is 0 Å². The van der Waals surface area contributed by atoms with Crippen LogP contribution in [0, 0.1) is 13.8 Å². The Kier molecular flexibility index (Phi) is 6.44. The van der Waals surface area contributed by atoms with E-state index in [-0.39, 0.29) is 17.1 Å². The Morgan fingerprint density at radius 3 is 2.24 bits per heavy atom. The SMILES string of the molecule is C[CH2][Zn][CH2]C.Cc1ccc2cccc(C)c2c1. The predicted octanol–water partition coefficient (Wildman–Crippen LogP) is 5.40. The molecule has 0 spiro atoms. The van der Waals surface area contributed by atoms with Crippen molar-refractivity contribution in [3.05, 3.63) is 47.5 Å². The van der Waals surface area contributed by atoms with Crippen LogP contribution in [0.4, 0.5) is 0 Å². The van der Waals surface area contributed by atoms with Crippen molar-refractivity contribution < 1.29 is 17.1 Å². The van der Waals surface area contributed by atoms with Crippen LogP contribution in [0.5, 0.6) is 0 Å². The monoisotopic (exact) mass is 278 g/mol. The van der Waals surface area contributed by atoms with Crippen LogP contribution >= 0.6 is 0 Å². The molecule has 2 aromatic rings. The van der Waals surface area contributed by atoms with Crippen LogP contribution in [0.15, 0.2) is 36.4 Å². The molecule has 0 aliphatic rings. The third-order valence-electron chi connectivity index (χ3n) is 2.96. The summed E-state index contributed by atoms with van der Waals surface area (Å²) in [7, 11) is 0. The number of hydrogen-bond donors (Lipinski definition) is 0. The van der Waals surface area contributed by atoms with Gasteiger partial charge in [-0.05, 0) is 30.2 Å². The molecule has 0 aliphatic carbocycles. The summed E-state index contributed by atoms with van der Waals surface area (Å²) in [5.74, 6) is 0. The van der Waals surface area contributed by atoms with Crippen LogP contribution in [0.2, 0.25) is 10.0 Å². The van der Waals surface area contributed by atoms with Crippen LogP contribution in [0.25, 0.3) is 10.8 Å². The molecule has 0 saturated heterocycles. The van der Waals surface area contributed by atoms with Crippen molar-refractivity contribution in [2.24, 2.45) is 0 Å². The number of fused-ring (bicyclic) bond motifs is 1. The first-order valence-electron chi connectivity index (χ1n) is 6.65. The summed E-state index contributed by atoms with van der Waals surface area (Å²) in [6.45, 7) is 8.88. The molecule has 1 heteroatoms. The molecule has 0 heterocycles. The third-order valence-corrected chi connectivity index (χ3v) is 5.93. The maximum absolute atomic E-state index is 2.30. The zero-order chi connectivity index (χ0) is 12.7. The van der Waals surface area contributed by atoms with Gasteiger partial charge in [0.1, 0.15) is 0 Å². The second-order valence-electron chi connectivity index (χ2n) is 4.65. The largest absolute Gasteiger partial charge is 0.0614 e. The average Bonchev–Trinajstić information content (AvgIpc) is 2.32. The first kappa shape index (κ1) is 14.4. The van der Waals surface area contributed by atoms with Crippen molar-refractivity contribution in [2.75, 3.05) is 0 Å². The molecule has 0 atom stereocenters. The second kappa shape index (κ2) is 7.61. The van der Waals surface area contributed by atoms with Gasteiger partial charge >= 0.3 is 41.0 Å². The molecule has 0 nitrogen and oxygen atoms in total. The van der Waals surface area contributed by atoms with Crippen molar-refractivity contribution >= 4 is 10.8 Å². The Morgan fingerprint density at radius 2 is 1.65 bits per heavy atom. The molecule has 17 heavy (non-hydrogen) atoms. The van der Waals surface area contributed by atoms with E-state index in [1.807, 2.05) is 0 Å². The fraction of sp³-hybridized carbons (Fsp3) is 0.375. The summed E-state index contributed by atoms with van der Waals surface area (Å²) in [5.41, 5.74) is 2.69. The summed E-state index contributed by atoms with van der Waals surface area (Å²) in [5, 5.41) is 5.77. The zero-order valence-electron chi connectivity index (χ0n) is 11.6. The first-order chi connectivity index (χ1) is 8.19. The van der Waals surface area contributed by atoms with Crippen molar-refractivity contribution in [3.8, 4) is 0 Å². The Morgan fingerprint density at radius 1 is 0.941 bits per heavy atom. The van der Waals surface area contributed by atoms with E-state index in [2.05, 4.69) is 64.1 Å². The number of aryl methyl sites for hydroxylation is 2. The van der Waals surface area contributed by atoms with Crippen molar-refractivity contribution in [1.82, 2.24) is 0 Å². The Bertz CT molecular complexity index is 458. The number of rotatable bonds is 2. The second-order valence-corrected chi connectivity index (χ2v) is 10.3. The van der Waals surface area contributed by atoms with E-state index >= 15 is 0 Å². The third kappa shape index (κ3) is 4.60. The van der Waals surface area contributed by atoms with Gasteiger partial charge in [-0.2, -0.15) is 0 Å².